The molecule has 7 heteroatoms. The van der Waals surface area contributed by atoms with E-state index < -0.39 is 5.91 Å². The second-order valence-electron chi connectivity index (χ2n) is 7.39. The van der Waals surface area contributed by atoms with Gasteiger partial charge in [-0.1, -0.05) is 18.2 Å². The first-order chi connectivity index (χ1) is 15.9. The molecule has 3 rings (SSSR count). The minimum atomic E-state index is -0.509. The van der Waals surface area contributed by atoms with Crippen LogP contribution in [0.25, 0.3) is 6.08 Å². The van der Waals surface area contributed by atoms with Gasteiger partial charge in [-0.15, -0.1) is 0 Å². The highest BCUT2D eigenvalue weighted by molar-refractivity contribution is 6.09. The van der Waals surface area contributed by atoms with Gasteiger partial charge in [0.2, 0.25) is 0 Å². The Kier molecular flexibility index (Phi) is 7.66. The van der Waals surface area contributed by atoms with E-state index in [0.29, 0.717) is 22.7 Å². The first-order valence-corrected chi connectivity index (χ1v) is 10.2. The average molecular weight is 445 g/mol. The maximum absolute atomic E-state index is 13.1. The second-order valence-corrected chi connectivity index (χ2v) is 7.39. The second kappa shape index (κ2) is 10.8. The predicted molar refractivity (Wildman–Crippen MR) is 127 cm³/mol. The van der Waals surface area contributed by atoms with E-state index in [0.717, 1.165) is 11.3 Å². The lowest BCUT2D eigenvalue weighted by molar-refractivity contribution is -0.112. The molecule has 0 saturated carbocycles. The van der Waals surface area contributed by atoms with E-state index in [2.05, 4.69) is 5.32 Å². The molecule has 0 aliphatic carbocycles. The van der Waals surface area contributed by atoms with E-state index in [1.165, 1.54) is 25.3 Å². The zero-order valence-corrected chi connectivity index (χ0v) is 18.6. The van der Waals surface area contributed by atoms with Gasteiger partial charge in [0.15, 0.2) is 11.5 Å². The summed E-state index contributed by atoms with van der Waals surface area (Å²) in [7, 11) is 5.36. The summed E-state index contributed by atoms with van der Waals surface area (Å²) in [6.45, 7) is 0.240. The van der Waals surface area contributed by atoms with Crippen LogP contribution in [0.4, 0.5) is 15.8 Å². The van der Waals surface area contributed by atoms with E-state index in [4.69, 9.17) is 9.47 Å². The van der Waals surface area contributed by atoms with Crippen LogP contribution in [0.15, 0.2) is 72.3 Å². The van der Waals surface area contributed by atoms with Crippen LogP contribution in [0.5, 0.6) is 11.5 Å². The molecule has 0 saturated heterocycles. The summed E-state index contributed by atoms with van der Waals surface area (Å²) in [5, 5.41) is 12.2. The van der Waals surface area contributed by atoms with E-state index in [-0.39, 0.29) is 18.0 Å². The highest BCUT2D eigenvalue weighted by Crippen LogP contribution is 2.30. The molecule has 1 amide bonds. The van der Waals surface area contributed by atoms with Crippen molar-refractivity contribution >= 4 is 23.4 Å². The van der Waals surface area contributed by atoms with Gasteiger partial charge in [-0.25, -0.2) is 4.39 Å². The molecule has 0 atom stereocenters. The minimum absolute atomic E-state index is 0.0475. The molecule has 0 spiro atoms. The lowest BCUT2D eigenvalue weighted by Crippen LogP contribution is -2.14. The van der Waals surface area contributed by atoms with Crippen molar-refractivity contribution in [3.8, 4) is 17.6 Å². The lowest BCUT2D eigenvalue weighted by atomic mass is 10.1. The van der Waals surface area contributed by atoms with Gasteiger partial charge < -0.3 is 19.7 Å². The Hall–Kier alpha value is -4.31. The summed E-state index contributed by atoms with van der Waals surface area (Å²) in [6, 6.07) is 20.4. The molecule has 168 valence electrons. The van der Waals surface area contributed by atoms with Crippen LogP contribution in [0.3, 0.4) is 0 Å². The van der Waals surface area contributed by atoms with Crippen LogP contribution in [0.1, 0.15) is 11.1 Å². The molecular weight excluding hydrogens is 421 g/mol. The van der Waals surface area contributed by atoms with E-state index in [1.54, 1.807) is 42.5 Å². The number of ether oxygens (including phenoxy) is 2. The summed E-state index contributed by atoms with van der Waals surface area (Å²) in [6.07, 6.45) is 1.48. The van der Waals surface area contributed by atoms with Crippen molar-refractivity contribution in [2.24, 2.45) is 0 Å². The third-order valence-corrected chi connectivity index (χ3v) is 4.81. The maximum Gasteiger partial charge on any atom is 0.266 e. The van der Waals surface area contributed by atoms with Crippen molar-refractivity contribution in [1.29, 1.82) is 5.26 Å². The third-order valence-electron chi connectivity index (χ3n) is 4.81. The zero-order valence-electron chi connectivity index (χ0n) is 18.6. The average Bonchev–Trinajstić information content (AvgIpc) is 2.82. The van der Waals surface area contributed by atoms with Crippen molar-refractivity contribution in [3.05, 3.63) is 89.2 Å². The van der Waals surface area contributed by atoms with Gasteiger partial charge in [0.05, 0.1) is 7.11 Å². The van der Waals surface area contributed by atoms with Crippen molar-refractivity contribution in [2.75, 3.05) is 31.4 Å². The number of carbonyl (C=O) groups excluding carboxylic acids is 1. The summed E-state index contributed by atoms with van der Waals surface area (Å²) in [5.41, 5.74) is 2.96. The van der Waals surface area contributed by atoms with E-state index >= 15 is 0 Å². The first-order valence-electron chi connectivity index (χ1n) is 10.2. The smallest absolute Gasteiger partial charge is 0.266 e. The monoisotopic (exact) mass is 445 g/mol. The molecule has 0 aromatic heterocycles. The number of hydrogen-bond acceptors (Lipinski definition) is 5. The largest absolute Gasteiger partial charge is 0.493 e. The van der Waals surface area contributed by atoms with Gasteiger partial charge in [-0.05, 0) is 65.7 Å². The number of nitrogens with zero attached hydrogens (tertiary/aromatic N) is 2. The summed E-state index contributed by atoms with van der Waals surface area (Å²) in [5.74, 6) is 0.117. The summed E-state index contributed by atoms with van der Waals surface area (Å²) in [4.78, 5) is 14.5. The highest BCUT2D eigenvalue weighted by Gasteiger charge is 2.12. The molecule has 33 heavy (non-hydrogen) atoms. The van der Waals surface area contributed by atoms with Gasteiger partial charge in [-0.2, -0.15) is 5.26 Å². The SMILES string of the molecule is COc1cc(/C=C(/C#N)C(=O)Nc2ccc(N(C)C)cc2)ccc1OCc1ccc(F)cc1. The number of amides is 1. The summed E-state index contributed by atoms with van der Waals surface area (Å²) >= 11 is 0. The number of nitriles is 1. The molecule has 0 radical (unpaired) electrons. The fraction of sp³-hybridized carbons (Fsp3) is 0.154. The molecule has 0 aliphatic rings. The Balaban J connectivity index is 1.72. The fourth-order valence-electron chi connectivity index (χ4n) is 2.99. The quantitative estimate of drug-likeness (QED) is 0.389. The van der Waals surface area contributed by atoms with Gasteiger partial charge in [0.1, 0.15) is 24.1 Å². The van der Waals surface area contributed by atoms with Crippen LogP contribution in [-0.4, -0.2) is 27.1 Å². The predicted octanol–water partition coefficient (Wildman–Crippen LogP) is 5.02. The highest BCUT2D eigenvalue weighted by atomic mass is 19.1. The summed E-state index contributed by atoms with van der Waals surface area (Å²) < 4.78 is 24.2. The van der Waals surface area contributed by atoms with Crippen molar-refractivity contribution in [1.82, 2.24) is 0 Å². The Labute approximate surface area is 192 Å². The number of carbonyl (C=O) groups is 1. The van der Waals surface area contributed by atoms with Crippen LogP contribution in [0.2, 0.25) is 0 Å². The number of hydrogen-bond donors (Lipinski definition) is 1. The van der Waals surface area contributed by atoms with E-state index in [1.807, 2.05) is 37.2 Å². The first kappa shape index (κ1) is 23.4. The van der Waals surface area contributed by atoms with Gasteiger partial charge >= 0.3 is 0 Å². The van der Waals surface area contributed by atoms with Crippen LogP contribution < -0.4 is 19.7 Å². The molecular formula is C26H24FN3O3. The Morgan fingerprint density at radius 3 is 2.36 bits per heavy atom. The molecule has 0 aliphatic heterocycles. The van der Waals surface area contributed by atoms with Crippen molar-refractivity contribution in [2.45, 2.75) is 6.61 Å². The molecule has 0 bridgehead atoms. The number of halogens is 1. The zero-order chi connectivity index (χ0) is 23.8. The number of methoxy groups -OCH3 is 1. The standard InChI is InChI=1S/C26H24FN3O3/c1-30(2)23-11-9-22(10-12-23)29-26(31)20(16-28)14-19-6-13-24(25(15-19)32-3)33-17-18-4-7-21(27)8-5-18/h4-15H,17H2,1-3H3,(H,29,31)/b20-14-. The van der Waals surface area contributed by atoms with Crippen LogP contribution in [0, 0.1) is 17.1 Å². The Morgan fingerprint density at radius 2 is 1.76 bits per heavy atom. The topological polar surface area (TPSA) is 74.6 Å². The Morgan fingerprint density at radius 1 is 1.06 bits per heavy atom. The van der Waals surface area contributed by atoms with Gasteiger partial charge in [-0.3, -0.25) is 4.79 Å². The van der Waals surface area contributed by atoms with Crippen LogP contribution in [-0.2, 0) is 11.4 Å². The number of anilines is 2. The molecule has 3 aromatic carbocycles. The fourth-order valence-corrected chi connectivity index (χ4v) is 2.99. The van der Waals surface area contributed by atoms with E-state index in [9.17, 15) is 14.4 Å². The molecule has 6 nitrogen and oxygen atoms in total. The number of nitrogens with one attached hydrogen (secondary N) is 1. The van der Waals surface area contributed by atoms with Crippen molar-refractivity contribution in [3.63, 3.8) is 0 Å². The maximum atomic E-state index is 13.1. The molecule has 3 aromatic rings. The van der Waals surface area contributed by atoms with Crippen molar-refractivity contribution < 1.29 is 18.7 Å². The molecule has 0 unspecified atom stereocenters. The molecule has 0 heterocycles. The van der Waals surface area contributed by atoms with Gasteiger partial charge in [0, 0.05) is 25.5 Å². The normalized spacial score (nSPS) is 10.8. The number of rotatable bonds is 8. The Bertz CT molecular complexity index is 1180. The van der Waals surface area contributed by atoms with Gasteiger partial charge in [0.25, 0.3) is 5.91 Å². The molecule has 0 fully saturated rings. The van der Waals surface area contributed by atoms with Crippen LogP contribution >= 0.6 is 0 Å². The number of benzene rings is 3. The lowest BCUT2D eigenvalue weighted by Gasteiger charge is -2.13. The molecule has 1 N–H and O–H groups in total. The third kappa shape index (κ3) is 6.34. The minimum Gasteiger partial charge on any atom is -0.493 e.